The van der Waals surface area contributed by atoms with E-state index in [0.717, 1.165) is 0 Å². The summed E-state index contributed by atoms with van der Waals surface area (Å²) in [5.41, 5.74) is -0.402. The molecule has 0 spiro atoms. The molecule has 0 aromatic heterocycles. The van der Waals surface area contributed by atoms with E-state index in [1.54, 1.807) is 13.8 Å². The number of carbonyl (C=O) groups excluding carboxylic acids is 1. The predicted octanol–water partition coefficient (Wildman–Crippen LogP) is 0.984. The second-order valence-electron chi connectivity index (χ2n) is 6.15. The number of benzene rings is 1. The summed E-state index contributed by atoms with van der Waals surface area (Å²) < 4.78 is 31.3. The fraction of sp³-hybridized carbons (Fsp3) is 0.500. The zero-order valence-electron chi connectivity index (χ0n) is 14.5. The molecule has 1 amide bonds. The molecular weight excluding hydrogens is 348 g/mol. The van der Waals surface area contributed by atoms with Crippen LogP contribution in [0.4, 0.5) is 0 Å². The number of methoxy groups -OCH3 is 1. The molecule has 0 saturated heterocycles. The summed E-state index contributed by atoms with van der Waals surface area (Å²) in [5.74, 6) is -1.33. The van der Waals surface area contributed by atoms with Gasteiger partial charge in [-0.2, -0.15) is 0 Å². The van der Waals surface area contributed by atoms with Gasteiger partial charge in [0.1, 0.15) is 0 Å². The van der Waals surface area contributed by atoms with Crippen LogP contribution in [0.2, 0.25) is 0 Å². The standard InChI is InChI=1S/C16H24N2O6S/c1-16(2,9-8-14(19)20)18-15(21)12-4-6-13(7-5-12)25(22,23)17-10-11-24-3/h4-7,17H,8-11H2,1-3H3,(H,18,21)(H,19,20). The van der Waals surface area contributed by atoms with Crippen molar-refractivity contribution in [3.05, 3.63) is 29.8 Å². The van der Waals surface area contributed by atoms with Crippen LogP contribution < -0.4 is 10.0 Å². The molecule has 0 aliphatic heterocycles. The minimum absolute atomic E-state index is 0.0466. The highest BCUT2D eigenvalue weighted by atomic mass is 32.2. The minimum Gasteiger partial charge on any atom is -0.481 e. The number of ether oxygens (including phenoxy) is 1. The third-order valence-electron chi connectivity index (χ3n) is 3.44. The lowest BCUT2D eigenvalue weighted by Crippen LogP contribution is -2.43. The van der Waals surface area contributed by atoms with Gasteiger partial charge in [0.05, 0.1) is 11.5 Å². The number of carboxylic acids is 1. The van der Waals surface area contributed by atoms with E-state index in [9.17, 15) is 18.0 Å². The van der Waals surface area contributed by atoms with Crippen LogP contribution in [0.1, 0.15) is 37.0 Å². The molecule has 1 aromatic carbocycles. The van der Waals surface area contributed by atoms with Gasteiger partial charge in [-0.1, -0.05) is 0 Å². The van der Waals surface area contributed by atoms with Crippen molar-refractivity contribution >= 4 is 21.9 Å². The molecule has 0 saturated carbocycles. The van der Waals surface area contributed by atoms with Gasteiger partial charge in [0.25, 0.3) is 5.91 Å². The number of rotatable bonds is 10. The first-order valence-electron chi connectivity index (χ1n) is 7.70. The zero-order chi connectivity index (χ0) is 19.1. The van der Waals surface area contributed by atoms with Crippen molar-refractivity contribution in [2.45, 2.75) is 37.1 Å². The Balaban J connectivity index is 2.75. The Morgan fingerprint density at radius 3 is 2.32 bits per heavy atom. The quantitative estimate of drug-likeness (QED) is 0.527. The average molecular weight is 372 g/mol. The van der Waals surface area contributed by atoms with Crippen LogP contribution in [0.5, 0.6) is 0 Å². The van der Waals surface area contributed by atoms with E-state index < -0.39 is 27.4 Å². The summed E-state index contributed by atoms with van der Waals surface area (Å²) in [6.45, 7) is 3.86. The number of hydrogen-bond acceptors (Lipinski definition) is 5. The number of hydrogen-bond donors (Lipinski definition) is 3. The molecule has 3 N–H and O–H groups in total. The monoisotopic (exact) mass is 372 g/mol. The van der Waals surface area contributed by atoms with Gasteiger partial charge in [0.15, 0.2) is 0 Å². The summed E-state index contributed by atoms with van der Waals surface area (Å²) in [5, 5.41) is 11.5. The van der Waals surface area contributed by atoms with Crippen molar-refractivity contribution < 1.29 is 27.9 Å². The van der Waals surface area contributed by atoms with E-state index in [1.807, 2.05) is 0 Å². The molecule has 0 unspecified atom stereocenters. The normalized spacial score (nSPS) is 12.0. The van der Waals surface area contributed by atoms with Crippen LogP contribution in [0, 0.1) is 0 Å². The number of carbonyl (C=O) groups is 2. The lowest BCUT2D eigenvalue weighted by Gasteiger charge is -2.25. The molecule has 0 bridgehead atoms. The summed E-state index contributed by atoms with van der Waals surface area (Å²) in [6.07, 6.45) is 0.224. The maximum Gasteiger partial charge on any atom is 0.303 e. The van der Waals surface area contributed by atoms with Crippen molar-refractivity contribution in [1.82, 2.24) is 10.0 Å². The average Bonchev–Trinajstić information content (AvgIpc) is 2.53. The molecular formula is C16H24N2O6S. The fourth-order valence-corrected chi connectivity index (χ4v) is 3.02. The minimum atomic E-state index is -3.66. The Bertz CT molecular complexity index is 698. The van der Waals surface area contributed by atoms with E-state index in [2.05, 4.69) is 10.0 Å². The molecule has 140 valence electrons. The van der Waals surface area contributed by atoms with Gasteiger partial charge in [-0.15, -0.1) is 0 Å². The first kappa shape index (κ1) is 21.1. The Hall–Kier alpha value is -1.97. The second kappa shape index (κ2) is 8.93. The molecule has 0 aliphatic rings. The SMILES string of the molecule is COCCNS(=O)(=O)c1ccc(C(=O)NC(C)(C)CCC(=O)O)cc1. The van der Waals surface area contributed by atoms with E-state index >= 15 is 0 Å². The van der Waals surface area contributed by atoms with Crippen LogP contribution >= 0.6 is 0 Å². The number of aliphatic carboxylic acids is 1. The number of sulfonamides is 1. The Morgan fingerprint density at radius 1 is 1.20 bits per heavy atom. The van der Waals surface area contributed by atoms with Crippen LogP contribution in [0.15, 0.2) is 29.2 Å². The van der Waals surface area contributed by atoms with Crippen molar-refractivity contribution in [1.29, 1.82) is 0 Å². The Morgan fingerprint density at radius 2 is 1.80 bits per heavy atom. The van der Waals surface area contributed by atoms with Gasteiger partial charge in [-0.05, 0) is 44.5 Å². The largest absolute Gasteiger partial charge is 0.481 e. The molecule has 0 heterocycles. The fourth-order valence-electron chi connectivity index (χ4n) is 2.01. The van der Waals surface area contributed by atoms with Gasteiger partial charge < -0.3 is 15.2 Å². The van der Waals surface area contributed by atoms with Crippen LogP contribution in [0.3, 0.4) is 0 Å². The van der Waals surface area contributed by atoms with Gasteiger partial charge in [-0.25, -0.2) is 13.1 Å². The molecule has 1 aromatic rings. The van der Waals surface area contributed by atoms with Gasteiger partial charge >= 0.3 is 5.97 Å². The van der Waals surface area contributed by atoms with Crippen LogP contribution in [-0.4, -0.2) is 51.2 Å². The molecule has 9 heteroatoms. The Kier molecular flexibility index (Phi) is 7.53. The van der Waals surface area contributed by atoms with Crippen LogP contribution in [0.25, 0.3) is 0 Å². The lowest BCUT2D eigenvalue weighted by molar-refractivity contribution is -0.137. The van der Waals surface area contributed by atoms with Crippen molar-refractivity contribution in [3.63, 3.8) is 0 Å². The molecule has 1 rings (SSSR count). The van der Waals surface area contributed by atoms with Crippen molar-refractivity contribution in [2.75, 3.05) is 20.3 Å². The lowest BCUT2D eigenvalue weighted by atomic mass is 9.98. The third-order valence-corrected chi connectivity index (χ3v) is 4.92. The van der Waals surface area contributed by atoms with Crippen molar-refractivity contribution in [2.24, 2.45) is 0 Å². The first-order valence-corrected chi connectivity index (χ1v) is 9.19. The van der Waals surface area contributed by atoms with Gasteiger partial charge in [0.2, 0.25) is 10.0 Å². The van der Waals surface area contributed by atoms with Gasteiger partial charge in [-0.3, -0.25) is 9.59 Å². The molecule has 0 fully saturated rings. The summed E-state index contributed by atoms with van der Waals surface area (Å²) in [7, 11) is -2.18. The second-order valence-corrected chi connectivity index (χ2v) is 7.91. The smallest absolute Gasteiger partial charge is 0.303 e. The van der Waals surface area contributed by atoms with E-state index in [-0.39, 0.29) is 30.9 Å². The highest BCUT2D eigenvalue weighted by molar-refractivity contribution is 7.89. The highest BCUT2D eigenvalue weighted by Crippen LogP contribution is 2.14. The summed E-state index contributed by atoms with van der Waals surface area (Å²) in [4.78, 5) is 22.9. The zero-order valence-corrected chi connectivity index (χ0v) is 15.4. The number of carboxylic acid groups (broad SMARTS) is 1. The molecule has 8 nitrogen and oxygen atoms in total. The molecule has 0 aliphatic carbocycles. The third kappa shape index (κ3) is 7.20. The highest BCUT2D eigenvalue weighted by Gasteiger charge is 2.22. The first-order chi connectivity index (χ1) is 11.6. The van der Waals surface area contributed by atoms with E-state index in [4.69, 9.17) is 9.84 Å². The van der Waals surface area contributed by atoms with Crippen molar-refractivity contribution in [3.8, 4) is 0 Å². The maximum absolute atomic E-state index is 12.2. The van der Waals surface area contributed by atoms with Gasteiger partial charge in [0, 0.05) is 31.2 Å². The predicted molar refractivity (Wildman–Crippen MR) is 91.9 cm³/mol. The topological polar surface area (TPSA) is 122 Å². The number of amides is 1. The maximum atomic E-state index is 12.2. The van der Waals surface area contributed by atoms with E-state index in [1.165, 1.54) is 31.4 Å². The van der Waals surface area contributed by atoms with E-state index in [0.29, 0.717) is 5.56 Å². The molecule has 0 radical (unpaired) electrons. The Labute approximate surface area is 147 Å². The molecule has 25 heavy (non-hydrogen) atoms. The number of nitrogens with one attached hydrogen (secondary N) is 2. The summed E-state index contributed by atoms with van der Waals surface area (Å²) >= 11 is 0. The van der Waals surface area contributed by atoms with Crippen LogP contribution in [-0.2, 0) is 19.6 Å². The molecule has 0 atom stereocenters. The summed E-state index contributed by atoms with van der Waals surface area (Å²) in [6, 6.07) is 5.50.